The molecule has 2 atom stereocenters. The van der Waals surface area contributed by atoms with Gasteiger partial charge < -0.3 is 15.4 Å². The van der Waals surface area contributed by atoms with Crippen LogP contribution in [0.15, 0.2) is 0 Å². The monoisotopic (exact) mass is 167 g/mol. The van der Waals surface area contributed by atoms with E-state index in [4.69, 9.17) is 15.4 Å². The van der Waals surface area contributed by atoms with Gasteiger partial charge in [-0.15, -0.1) is 0 Å². The Bertz CT molecular complexity index is 148. The topological polar surface area (TPSA) is 101 Å². The third kappa shape index (κ3) is 4.42. The second kappa shape index (κ2) is 4.37. The van der Waals surface area contributed by atoms with Crippen molar-refractivity contribution in [1.82, 2.24) is 0 Å². The van der Waals surface area contributed by atoms with Gasteiger partial charge in [0, 0.05) is 6.42 Å². The van der Waals surface area contributed by atoms with Crippen molar-refractivity contribution in [2.45, 2.75) is 18.2 Å². The van der Waals surface area contributed by atoms with Crippen molar-refractivity contribution in [3.63, 3.8) is 0 Å². The molecule has 0 aromatic carbocycles. The Morgan fingerprint density at radius 3 is 2.50 bits per heavy atom. The van der Waals surface area contributed by atoms with Gasteiger partial charge in [0.25, 0.3) is 0 Å². The van der Waals surface area contributed by atoms with Gasteiger partial charge in [-0.1, -0.05) is 0 Å². The zero-order valence-corrected chi connectivity index (χ0v) is 6.00. The normalized spacial score (nSPS) is 16.2. The number of carboxylic acid groups (broad SMARTS) is 1. The maximum Gasteiger partial charge on any atom is 0.303 e. The molecule has 0 aromatic rings. The van der Waals surface area contributed by atoms with Gasteiger partial charge in [0.1, 0.15) is 5.37 Å². The lowest BCUT2D eigenvalue weighted by molar-refractivity contribution is -0.137. The average molecular weight is 167 g/mol. The Kier molecular flexibility index (Phi) is 4.17. The van der Waals surface area contributed by atoms with E-state index in [1.54, 1.807) is 0 Å². The zero-order chi connectivity index (χ0) is 8.15. The molecule has 0 saturated carbocycles. The van der Waals surface area contributed by atoms with Crippen LogP contribution in [0.3, 0.4) is 0 Å². The van der Waals surface area contributed by atoms with Crippen molar-refractivity contribution in [2.24, 2.45) is 5.73 Å². The highest BCUT2D eigenvalue weighted by Gasteiger charge is 2.09. The molecule has 0 aliphatic rings. The molecule has 10 heavy (non-hydrogen) atoms. The number of aliphatic carboxylic acids is 1. The fraction of sp³-hybridized carbons (Fsp3) is 0.750. The van der Waals surface area contributed by atoms with E-state index in [1.165, 1.54) is 0 Å². The number of nitrogens with two attached hydrogens (primary N) is 1. The van der Waals surface area contributed by atoms with Crippen LogP contribution >= 0.6 is 0 Å². The van der Waals surface area contributed by atoms with E-state index in [9.17, 15) is 9.00 Å². The second-order valence-corrected chi connectivity index (χ2v) is 2.90. The van der Waals surface area contributed by atoms with Crippen LogP contribution in [0.4, 0.5) is 0 Å². The average Bonchev–Trinajstić information content (AvgIpc) is 1.82. The molecule has 6 heteroatoms. The molecule has 0 aromatic heterocycles. The summed E-state index contributed by atoms with van der Waals surface area (Å²) >= 11 is -2.11. The molecule has 60 valence electrons. The molecule has 0 amide bonds. The molecule has 2 unspecified atom stereocenters. The van der Waals surface area contributed by atoms with Crippen LogP contribution in [-0.4, -0.2) is 25.2 Å². The summed E-state index contributed by atoms with van der Waals surface area (Å²) in [6.07, 6.45) is -0.147. The number of carbonyl (C=O) groups is 1. The number of rotatable bonds is 4. The van der Waals surface area contributed by atoms with E-state index in [0.717, 1.165) is 0 Å². The van der Waals surface area contributed by atoms with E-state index >= 15 is 0 Å². The maximum absolute atomic E-state index is 10.1. The van der Waals surface area contributed by atoms with Crippen molar-refractivity contribution >= 4 is 17.0 Å². The van der Waals surface area contributed by atoms with Crippen LogP contribution in [0.25, 0.3) is 0 Å². The Labute approximate surface area is 60.5 Å². The Balaban J connectivity index is 3.49. The molecular weight excluding hydrogens is 158 g/mol. The van der Waals surface area contributed by atoms with Crippen molar-refractivity contribution in [3.05, 3.63) is 0 Å². The summed E-state index contributed by atoms with van der Waals surface area (Å²) in [6, 6.07) is 0. The van der Waals surface area contributed by atoms with Crippen LogP contribution in [-0.2, 0) is 15.9 Å². The molecule has 5 nitrogen and oxygen atoms in total. The lowest BCUT2D eigenvalue weighted by atomic mass is 10.3. The SMILES string of the molecule is NC(CCC(=O)O)S(=O)O. The van der Waals surface area contributed by atoms with Gasteiger partial charge in [-0.25, -0.2) is 4.21 Å². The van der Waals surface area contributed by atoms with Crippen molar-refractivity contribution in [3.8, 4) is 0 Å². The van der Waals surface area contributed by atoms with Gasteiger partial charge >= 0.3 is 5.97 Å². The van der Waals surface area contributed by atoms with Crippen LogP contribution in [0.2, 0.25) is 0 Å². The number of hydrogen-bond acceptors (Lipinski definition) is 3. The molecular formula is C4H9NO4S. The highest BCUT2D eigenvalue weighted by molar-refractivity contribution is 7.79. The van der Waals surface area contributed by atoms with Gasteiger partial charge in [0.2, 0.25) is 0 Å². The number of carboxylic acids is 1. The van der Waals surface area contributed by atoms with Gasteiger partial charge in [-0.05, 0) is 6.42 Å². The standard InChI is InChI=1S/C4H9NO4S/c5-3(10(8)9)1-2-4(6)7/h3H,1-2,5H2,(H,6,7)(H,8,9). The van der Waals surface area contributed by atoms with Crippen molar-refractivity contribution < 1.29 is 18.7 Å². The minimum atomic E-state index is -2.11. The van der Waals surface area contributed by atoms with Gasteiger partial charge in [-0.2, -0.15) is 0 Å². The van der Waals surface area contributed by atoms with Gasteiger partial charge in [-0.3, -0.25) is 4.79 Å². The molecule has 0 radical (unpaired) electrons. The van der Waals surface area contributed by atoms with E-state index in [0.29, 0.717) is 0 Å². The summed E-state index contributed by atoms with van der Waals surface area (Å²) in [4.78, 5) is 9.89. The summed E-state index contributed by atoms with van der Waals surface area (Å²) in [5.41, 5.74) is 5.05. The van der Waals surface area contributed by atoms with E-state index in [1.807, 2.05) is 0 Å². The lowest BCUT2D eigenvalue weighted by Gasteiger charge is -2.02. The molecule has 0 fully saturated rings. The Morgan fingerprint density at radius 1 is 1.70 bits per heavy atom. The van der Waals surface area contributed by atoms with Crippen LogP contribution < -0.4 is 5.73 Å². The van der Waals surface area contributed by atoms with Crippen molar-refractivity contribution in [1.29, 1.82) is 0 Å². The Morgan fingerprint density at radius 2 is 2.20 bits per heavy atom. The molecule has 0 heterocycles. The molecule has 4 N–H and O–H groups in total. The summed E-state index contributed by atoms with van der Waals surface area (Å²) in [5.74, 6) is -1.01. The van der Waals surface area contributed by atoms with E-state index in [-0.39, 0.29) is 12.8 Å². The predicted molar refractivity (Wildman–Crippen MR) is 35.6 cm³/mol. The minimum absolute atomic E-state index is 0.0262. The van der Waals surface area contributed by atoms with Crippen molar-refractivity contribution in [2.75, 3.05) is 0 Å². The largest absolute Gasteiger partial charge is 0.481 e. The highest BCUT2D eigenvalue weighted by atomic mass is 32.2. The first kappa shape index (κ1) is 9.54. The quantitative estimate of drug-likeness (QED) is 0.483. The molecule has 0 saturated heterocycles. The fourth-order valence-electron chi connectivity index (χ4n) is 0.367. The first-order chi connectivity index (χ1) is 4.54. The third-order valence-electron chi connectivity index (χ3n) is 0.902. The summed E-state index contributed by atoms with van der Waals surface area (Å²) in [6.45, 7) is 0. The maximum atomic E-state index is 10.1. The first-order valence-electron chi connectivity index (χ1n) is 2.61. The molecule has 0 spiro atoms. The summed E-state index contributed by atoms with van der Waals surface area (Å²) < 4.78 is 18.4. The van der Waals surface area contributed by atoms with Crippen LogP contribution in [0.5, 0.6) is 0 Å². The highest BCUT2D eigenvalue weighted by Crippen LogP contribution is 1.96. The van der Waals surface area contributed by atoms with Crippen LogP contribution in [0, 0.1) is 0 Å². The Hall–Kier alpha value is -0.460. The molecule has 0 bridgehead atoms. The molecule has 0 aliphatic heterocycles. The minimum Gasteiger partial charge on any atom is -0.481 e. The van der Waals surface area contributed by atoms with Crippen LogP contribution in [0.1, 0.15) is 12.8 Å². The second-order valence-electron chi connectivity index (χ2n) is 1.75. The van der Waals surface area contributed by atoms with E-state index < -0.39 is 22.4 Å². The molecule has 0 rings (SSSR count). The number of hydrogen-bond donors (Lipinski definition) is 3. The first-order valence-corrected chi connectivity index (χ1v) is 3.78. The third-order valence-corrected chi connectivity index (χ3v) is 1.66. The fourth-order valence-corrected chi connectivity index (χ4v) is 0.686. The molecule has 0 aliphatic carbocycles. The van der Waals surface area contributed by atoms with Gasteiger partial charge in [0.15, 0.2) is 11.1 Å². The zero-order valence-electron chi connectivity index (χ0n) is 5.19. The smallest absolute Gasteiger partial charge is 0.303 e. The van der Waals surface area contributed by atoms with Gasteiger partial charge in [0.05, 0.1) is 0 Å². The summed E-state index contributed by atoms with van der Waals surface area (Å²) in [5, 5.41) is 7.16. The predicted octanol–water partition coefficient (Wildman–Crippen LogP) is -0.642. The van der Waals surface area contributed by atoms with E-state index in [2.05, 4.69) is 0 Å². The summed E-state index contributed by atoms with van der Waals surface area (Å²) in [7, 11) is 0. The lowest BCUT2D eigenvalue weighted by Crippen LogP contribution is -2.25.